The molecule has 0 aliphatic carbocycles. The first-order valence-electron chi connectivity index (χ1n) is 8.31. The molecule has 0 radical (unpaired) electrons. The topological polar surface area (TPSA) is 150 Å². The van der Waals surface area contributed by atoms with Crippen LogP contribution in [0.4, 0.5) is 0 Å². The average Bonchev–Trinajstić information content (AvgIpc) is 3.21. The fraction of sp³-hybridized carbons (Fsp3) is 0.250. The summed E-state index contributed by atoms with van der Waals surface area (Å²) in [5, 5.41) is 2.66. The van der Waals surface area contributed by atoms with E-state index in [-0.39, 0.29) is 36.7 Å². The normalized spacial score (nSPS) is 11.3. The Morgan fingerprint density at radius 1 is 1.25 bits per heavy atom. The number of hydrogen-bond acceptors (Lipinski definition) is 7. The SMILES string of the molecule is Cn1c(=O)[nH]c(=O)c2c1ncn2CC(=O)NCCn1c(=O)oc2cccnc21. The molecule has 2 N–H and O–H groups in total. The molecule has 0 spiro atoms. The van der Waals surface area contributed by atoms with Crippen molar-refractivity contribution in [1.29, 1.82) is 0 Å². The molecule has 144 valence electrons. The lowest BCUT2D eigenvalue weighted by molar-refractivity contribution is -0.121. The summed E-state index contributed by atoms with van der Waals surface area (Å²) in [6, 6.07) is 3.29. The molecule has 0 fully saturated rings. The summed E-state index contributed by atoms with van der Waals surface area (Å²) in [5.41, 5.74) is -0.129. The molecule has 0 aromatic carbocycles. The molecule has 0 saturated heterocycles. The van der Waals surface area contributed by atoms with Crippen LogP contribution >= 0.6 is 0 Å². The van der Waals surface area contributed by atoms with Gasteiger partial charge in [0.2, 0.25) is 5.91 Å². The van der Waals surface area contributed by atoms with E-state index >= 15 is 0 Å². The highest BCUT2D eigenvalue weighted by atomic mass is 16.4. The third kappa shape index (κ3) is 2.90. The Balaban J connectivity index is 1.47. The first kappa shape index (κ1) is 17.5. The van der Waals surface area contributed by atoms with Crippen molar-refractivity contribution < 1.29 is 9.21 Å². The Morgan fingerprint density at radius 2 is 2.07 bits per heavy atom. The van der Waals surface area contributed by atoms with Gasteiger partial charge in [0.1, 0.15) is 6.54 Å². The predicted octanol–water partition coefficient (Wildman–Crippen LogP) is -1.46. The van der Waals surface area contributed by atoms with Gasteiger partial charge in [-0.2, -0.15) is 0 Å². The number of fused-ring (bicyclic) bond motifs is 2. The number of carbonyl (C=O) groups is 1. The van der Waals surface area contributed by atoms with Crippen LogP contribution in [0, 0.1) is 0 Å². The second kappa shape index (κ2) is 6.64. The molecule has 0 aliphatic rings. The first-order chi connectivity index (χ1) is 13.5. The quantitative estimate of drug-likeness (QED) is 0.426. The summed E-state index contributed by atoms with van der Waals surface area (Å²) < 4.78 is 8.94. The van der Waals surface area contributed by atoms with E-state index in [9.17, 15) is 19.2 Å². The molecule has 4 aromatic rings. The summed E-state index contributed by atoms with van der Waals surface area (Å²) in [5.74, 6) is -0.947. The number of aromatic nitrogens is 6. The molecule has 12 heteroatoms. The first-order valence-corrected chi connectivity index (χ1v) is 8.31. The Labute approximate surface area is 155 Å². The van der Waals surface area contributed by atoms with Gasteiger partial charge in [-0.25, -0.2) is 19.6 Å². The smallest absolute Gasteiger partial charge is 0.406 e. The summed E-state index contributed by atoms with van der Waals surface area (Å²) in [7, 11) is 1.47. The lowest BCUT2D eigenvalue weighted by atomic mass is 10.4. The number of rotatable bonds is 5. The molecule has 4 rings (SSSR count). The number of aryl methyl sites for hydroxylation is 1. The van der Waals surface area contributed by atoms with Crippen molar-refractivity contribution in [1.82, 2.24) is 34.0 Å². The lowest BCUT2D eigenvalue weighted by Gasteiger charge is -2.07. The van der Waals surface area contributed by atoms with E-state index in [0.29, 0.717) is 11.2 Å². The molecule has 28 heavy (non-hydrogen) atoms. The van der Waals surface area contributed by atoms with Gasteiger partial charge in [-0.3, -0.25) is 23.7 Å². The van der Waals surface area contributed by atoms with Gasteiger partial charge in [-0.1, -0.05) is 0 Å². The Kier molecular flexibility index (Phi) is 4.14. The molecule has 0 aliphatic heterocycles. The lowest BCUT2D eigenvalue weighted by Crippen LogP contribution is -2.33. The maximum atomic E-state index is 12.2. The third-order valence-electron chi connectivity index (χ3n) is 4.27. The number of nitrogens with one attached hydrogen (secondary N) is 2. The van der Waals surface area contributed by atoms with E-state index in [0.717, 1.165) is 0 Å². The van der Waals surface area contributed by atoms with Crippen molar-refractivity contribution in [2.45, 2.75) is 13.1 Å². The van der Waals surface area contributed by atoms with Crippen molar-refractivity contribution in [3.8, 4) is 0 Å². The Morgan fingerprint density at radius 3 is 2.89 bits per heavy atom. The molecule has 0 atom stereocenters. The molecule has 0 unspecified atom stereocenters. The molecule has 0 saturated carbocycles. The number of imidazole rings is 1. The highest BCUT2D eigenvalue weighted by molar-refractivity contribution is 5.78. The van der Waals surface area contributed by atoms with Crippen molar-refractivity contribution in [3.05, 3.63) is 56.0 Å². The zero-order valence-electron chi connectivity index (χ0n) is 14.7. The number of hydrogen-bond donors (Lipinski definition) is 2. The molecule has 1 amide bonds. The van der Waals surface area contributed by atoms with Crippen LogP contribution in [0.1, 0.15) is 0 Å². The van der Waals surface area contributed by atoms with Crippen LogP contribution in [-0.2, 0) is 24.9 Å². The fourth-order valence-electron chi connectivity index (χ4n) is 2.92. The minimum absolute atomic E-state index is 0.124. The van der Waals surface area contributed by atoms with E-state index in [1.165, 1.54) is 27.1 Å². The van der Waals surface area contributed by atoms with Crippen molar-refractivity contribution in [3.63, 3.8) is 0 Å². The number of nitrogens with zero attached hydrogens (tertiary/aromatic N) is 5. The van der Waals surface area contributed by atoms with Crippen LogP contribution in [0.25, 0.3) is 22.4 Å². The van der Waals surface area contributed by atoms with Crippen molar-refractivity contribution in [2.75, 3.05) is 6.54 Å². The van der Waals surface area contributed by atoms with Gasteiger partial charge >= 0.3 is 11.4 Å². The van der Waals surface area contributed by atoms with E-state index in [1.807, 2.05) is 0 Å². The van der Waals surface area contributed by atoms with E-state index in [4.69, 9.17) is 4.42 Å². The van der Waals surface area contributed by atoms with Crippen molar-refractivity contribution in [2.24, 2.45) is 7.05 Å². The van der Waals surface area contributed by atoms with Crippen LogP contribution in [-0.4, -0.2) is 41.1 Å². The molecule has 4 aromatic heterocycles. The zero-order chi connectivity index (χ0) is 19.8. The minimum atomic E-state index is -0.620. The van der Waals surface area contributed by atoms with Gasteiger partial charge in [-0.15, -0.1) is 0 Å². The Bertz CT molecular complexity index is 1370. The van der Waals surface area contributed by atoms with Crippen LogP contribution < -0.4 is 22.3 Å². The molecular weight excluding hydrogens is 370 g/mol. The number of amides is 1. The summed E-state index contributed by atoms with van der Waals surface area (Å²) in [6.45, 7) is 0.164. The third-order valence-corrected chi connectivity index (χ3v) is 4.27. The molecule has 4 heterocycles. The number of aromatic amines is 1. The zero-order valence-corrected chi connectivity index (χ0v) is 14.7. The molecule has 0 bridgehead atoms. The highest BCUT2D eigenvalue weighted by Gasteiger charge is 2.14. The second-order valence-corrected chi connectivity index (χ2v) is 6.06. The number of oxazole rings is 1. The molecular formula is C16H15N7O5. The maximum Gasteiger partial charge on any atom is 0.421 e. The second-order valence-electron chi connectivity index (χ2n) is 6.06. The van der Waals surface area contributed by atoms with Gasteiger partial charge in [0.25, 0.3) is 5.56 Å². The van der Waals surface area contributed by atoms with E-state index in [2.05, 4.69) is 20.3 Å². The van der Waals surface area contributed by atoms with Gasteiger partial charge in [-0.05, 0) is 12.1 Å². The number of carbonyl (C=O) groups excluding carboxylic acids is 1. The largest absolute Gasteiger partial charge is 0.421 e. The standard InChI is InChI=1S/C16H15N7O5/c1-21-13-11(14(25)20-15(21)26)22(8-19-13)7-10(24)17-5-6-23-12-9(28-16(23)27)3-2-4-18-12/h2-4,8H,5-7H2,1H3,(H,17,24)(H,20,25,26). The average molecular weight is 385 g/mol. The monoisotopic (exact) mass is 385 g/mol. The minimum Gasteiger partial charge on any atom is -0.406 e. The highest BCUT2D eigenvalue weighted by Crippen LogP contribution is 2.08. The van der Waals surface area contributed by atoms with Crippen LogP contribution in [0.3, 0.4) is 0 Å². The predicted molar refractivity (Wildman–Crippen MR) is 96.9 cm³/mol. The van der Waals surface area contributed by atoms with Gasteiger partial charge < -0.3 is 14.3 Å². The van der Waals surface area contributed by atoms with Gasteiger partial charge in [0.05, 0.1) is 6.33 Å². The van der Waals surface area contributed by atoms with Crippen LogP contribution in [0.5, 0.6) is 0 Å². The van der Waals surface area contributed by atoms with Gasteiger partial charge in [0, 0.05) is 26.3 Å². The number of H-pyrrole nitrogens is 1. The fourth-order valence-corrected chi connectivity index (χ4v) is 2.92. The molecule has 12 nitrogen and oxygen atoms in total. The summed E-state index contributed by atoms with van der Waals surface area (Å²) in [6.07, 6.45) is 2.86. The summed E-state index contributed by atoms with van der Waals surface area (Å²) in [4.78, 5) is 58.0. The maximum absolute atomic E-state index is 12.2. The van der Waals surface area contributed by atoms with E-state index in [1.54, 1.807) is 18.3 Å². The van der Waals surface area contributed by atoms with Crippen LogP contribution in [0.15, 0.2) is 43.5 Å². The number of pyridine rings is 1. The summed E-state index contributed by atoms with van der Waals surface area (Å²) >= 11 is 0. The van der Waals surface area contributed by atoms with Crippen LogP contribution in [0.2, 0.25) is 0 Å². The Hall–Kier alpha value is -3.96. The van der Waals surface area contributed by atoms with Crippen molar-refractivity contribution >= 4 is 28.3 Å². The van der Waals surface area contributed by atoms with E-state index < -0.39 is 17.0 Å². The van der Waals surface area contributed by atoms with Gasteiger partial charge in [0.15, 0.2) is 22.4 Å².